The minimum atomic E-state index is -0.908. The van der Waals surface area contributed by atoms with E-state index >= 15 is 0 Å². The van der Waals surface area contributed by atoms with E-state index in [1.807, 2.05) is 0 Å². The Hall–Kier alpha value is -1.23. The Kier molecular flexibility index (Phi) is 3.80. The van der Waals surface area contributed by atoms with Crippen LogP contribution in [0.5, 0.6) is 0 Å². The summed E-state index contributed by atoms with van der Waals surface area (Å²) < 4.78 is 1.85. The number of aromatic nitrogens is 1. The van der Waals surface area contributed by atoms with Crippen LogP contribution in [-0.4, -0.2) is 36.8 Å². The molecule has 2 aromatic rings. The molecule has 0 spiro atoms. The van der Waals surface area contributed by atoms with Crippen LogP contribution in [-0.2, 0) is 0 Å². The van der Waals surface area contributed by atoms with Crippen molar-refractivity contribution >= 4 is 42.7 Å². The van der Waals surface area contributed by atoms with Gasteiger partial charge in [0.25, 0.3) is 0 Å². The van der Waals surface area contributed by atoms with Gasteiger partial charge in [-0.05, 0) is 0 Å². The molecule has 0 aliphatic heterocycles. The number of carboxylic acid groups (broad SMARTS) is 1. The van der Waals surface area contributed by atoms with Gasteiger partial charge in [-0.2, -0.15) is 0 Å². The quantitative estimate of drug-likeness (QED) is 0.663. The number of carbonyl (C=O) groups is 2. The first-order valence-electron chi connectivity index (χ1n) is 4.98. The molecule has 0 aliphatic carbocycles. The maximum absolute atomic E-state index is 11.0. The summed E-state index contributed by atoms with van der Waals surface area (Å²) in [4.78, 5) is 26.0. The van der Waals surface area contributed by atoms with Crippen molar-refractivity contribution in [2.75, 3.05) is 0 Å². The van der Waals surface area contributed by atoms with E-state index < -0.39 is 5.97 Å². The third-order valence-corrected chi connectivity index (χ3v) is 5.56. The Morgan fingerprint density at radius 2 is 2.22 bits per heavy atom. The Bertz CT molecular complexity index is 636. The standard InChI is InChI=1S/C12H8BrNO3Se/c1-6-10(12(16)17)18-11(14-6)7-2-3-8(5-15)9(13)4-7/h2-5H,1H3,(H,16,17). The summed E-state index contributed by atoms with van der Waals surface area (Å²) in [6.45, 7) is 1.70. The summed E-state index contributed by atoms with van der Waals surface area (Å²) in [6, 6.07) is 5.27. The van der Waals surface area contributed by atoms with Gasteiger partial charge in [-0.15, -0.1) is 0 Å². The van der Waals surface area contributed by atoms with Crippen molar-refractivity contribution in [2.24, 2.45) is 0 Å². The number of benzene rings is 1. The summed E-state index contributed by atoms with van der Waals surface area (Å²) in [5, 5.41) is 9.01. The Labute approximate surface area is 118 Å². The van der Waals surface area contributed by atoms with Crippen LogP contribution < -0.4 is 0 Å². The van der Waals surface area contributed by atoms with Gasteiger partial charge in [0.1, 0.15) is 0 Å². The zero-order valence-corrected chi connectivity index (χ0v) is 12.6. The van der Waals surface area contributed by atoms with Gasteiger partial charge < -0.3 is 0 Å². The van der Waals surface area contributed by atoms with E-state index in [0.29, 0.717) is 20.2 Å². The van der Waals surface area contributed by atoms with Gasteiger partial charge in [0.2, 0.25) is 0 Å². The van der Waals surface area contributed by atoms with Crippen LogP contribution in [0.15, 0.2) is 22.7 Å². The fraction of sp³-hybridized carbons (Fsp3) is 0.0833. The second-order valence-electron chi connectivity index (χ2n) is 3.59. The number of halogens is 1. The Morgan fingerprint density at radius 1 is 1.50 bits per heavy atom. The zero-order valence-electron chi connectivity index (χ0n) is 9.31. The van der Waals surface area contributed by atoms with Crippen LogP contribution in [0.4, 0.5) is 0 Å². The molecule has 0 atom stereocenters. The molecule has 0 unspecified atom stereocenters. The monoisotopic (exact) mass is 373 g/mol. The van der Waals surface area contributed by atoms with Gasteiger partial charge in [0.15, 0.2) is 0 Å². The number of rotatable bonds is 3. The first-order chi connectivity index (χ1) is 8.52. The SMILES string of the molecule is Cc1nc(-c2ccc(C=O)c(Br)c2)[se]c1C(=O)O. The van der Waals surface area contributed by atoms with Crippen LogP contribution in [0.1, 0.15) is 25.3 Å². The van der Waals surface area contributed by atoms with Crippen LogP contribution in [0.2, 0.25) is 0 Å². The van der Waals surface area contributed by atoms with Gasteiger partial charge in [-0.25, -0.2) is 0 Å². The van der Waals surface area contributed by atoms with E-state index in [2.05, 4.69) is 20.9 Å². The molecule has 4 nitrogen and oxygen atoms in total. The third kappa shape index (κ3) is 2.46. The van der Waals surface area contributed by atoms with Crippen LogP contribution >= 0.6 is 15.9 Å². The predicted octanol–water partition coefficient (Wildman–Crippen LogP) is 2.39. The first-order valence-corrected chi connectivity index (χ1v) is 7.49. The van der Waals surface area contributed by atoms with Crippen LogP contribution in [0, 0.1) is 6.92 Å². The molecular formula is C12H8BrNO3Se. The van der Waals surface area contributed by atoms with Crippen molar-refractivity contribution in [3.63, 3.8) is 0 Å². The fourth-order valence-electron chi connectivity index (χ4n) is 1.47. The molecule has 0 radical (unpaired) electrons. The number of carbonyl (C=O) groups excluding carboxylic acids is 1. The molecule has 1 N–H and O–H groups in total. The molecule has 18 heavy (non-hydrogen) atoms. The molecule has 0 amide bonds. The molecule has 0 saturated carbocycles. The molecule has 0 bridgehead atoms. The van der Waals surface area contributed by atoms with Crippen LogP contribution in [0.25, 0.3) is 10.1 Å². The van der Waals surface area contributed by atoms with E-state index in [1.165, 1.54) is 0 Å². The third-order valence-electron chi connectivity index (χ3n) is 2.37. The number of aldehydes is 1. The van der Waals surface area contributed by atoms with Gasteiger partial charge >= 0.3 is 118 Å². The normalized spacial score (nSPS) is 10.3. The molecule has 1 heterocycles. The van der Waals surface area contributed by atoms with E-state index in [1.54, 1.807) is 25.1 Å². The molecule has 1 aromatic carbocycles. The van der Waals surface area contributed by atoms with Gasteiger partial charge in [0, 0.05) is 0 Å². The summed E-state index contributed by atoms with van der Waals surface area (Å²) in [6.07, 6.45) is 0.766. The zero-order chi connectivity index (χ0) is 13.3. The summed E-state index contributed by atoms with van der Waals surface area (Å²) in [5.74, 6) is -0.908. The van der Waals surface area contributed by atoms with Gasteiger partial charge in [0.05, 0.1) is 0 Å². The Balaban J connectivity index is 2.49. The average Bonchev–Trinajstić information content (AvgIpc) is 2.71. The summed E-state index contributed by atoms with van der Waals surface area (Å²) >= 11 is 3.01. The molecular weight excluding hydrogens is 365 g/mol. The second-order valence-corrected chi connectivity index (χ2v) is 6.54. The van der Waals surface area contributed by atoms with E-state index in [9.17, 15) is 9.59 Å². The molecule has 0 saturated heterocycles. The number of carboxylic acids is 1. The number of aryl methyl sites for hydroxylation is 1. The molecule has 6 heteroatoms. The minimum absolute atomic E-state index is 0.294. The van der Waals surface area contributed by atoms with Crippen molar-refractivity contribution in [3.8, 4) is 10.1 Å². The Morgan fingerprint density at radius 3 is 2.72 bits per heavy atom. The van der Waals surface area contributed by atoms with E-state index in [0.717, 1.165) is 16.4 Å². The van der Waals surface area contributed by atoms with Crippen molar-refractivity contribution in [1.82, 2.24) is 4.98 Å². The van der Waals surface area contributed by atoms with Gasteiger partial charge in [-0.3, -0.25) is 0 Å². The number of nitrogens with zero attached hydrogens (tertiary/aromatic N) is 1. The predicted molar refractivity (Wildman–Crippen MR) is 71.4 cm³/mol. The molecule has 2 rings (SSSR count). The topological polar surface area (TPSA) is 67.3 Å². The van der Waals surface area contributed by atoms with Gasteiger partial charge in [-0.1, -0.05) is 0 Å². The molecule has 0 fully saturated rings. The van der Waals surface area contributed by atoms with E-state index in [4.69, 9.17) is 5.11 Å². The van der Waals surface area contributed by atoms with E-state index in [-0.39, 0.29) is 14.5 Å². The molecule has 1 aromatic heterocycles. The summed E-state index contributed by atoms with van der Waals surface area (Å²) in [5.41, 5.74) is 1.98. The van der Waals surface area contributed by atoms with Crippen molar-refractivity contribution in [1.29, 1.82) is 0 Å². The second kappa shape index (κ2) is 5.18. The summed E-state index contributed by atoms with van der Waals surface area (Å²) in [7, 11) is 0. The van der Waals surface area contributed by atoms with Crippen molar-refractivity contribution < 1.29 is 14.7 Å². The molecule has 92 valence electrons. The molecule has 0 aliphatic rings. The van der Waals surface area contributed by atoms with Crippen molar-refractivity contribution in [3.05, 3.63) is 38.4 Å². The number of aromatic carboxylic acids is 1. The van der Waals surface area contributed by atoms with Crippen LogP contribution in [0.3, 0.4) is 0 Å². The number of hydrogen-bond acceptors (Lipinski definition) is 3. The van der Waals surface area contributed by atoms with Crippen molar-refractivity contribution in [2.45, 2.75) is 6.92 Å². The maximum atomic E-state index is 11.0. The first kappa shape index (κ1) is 13.2. The fourth-order valence-corrected chi connectivity index (χ4v) is 3.84. The average molecular weight is 373 g/mol. The number of hydrogen-bond donors (Lipinski definition) is 1.